The molecule has 29 heavy (non-hydrogen) atoms. The third-order valence-corrected chi connectivity index (χ3v) is 4.89. The number of hydrogen-bond acceptors (Lipinski definition) is 7. The van der Waals surface area contributed by atoms with Crippen LogP contribution in [-0.4, -0.2) is 22.4 Å². The first-order valence-electron chi connectivity index (χ1n) is 9.40. The second kappa shape index (κ2) is 7.09. The lowest BCUT2D eigenvalue weighted by atomic mass is 10.1. The van der Waals surface area contributed by atoms with E-state index in [1.807, 2.05) is 43.3 Å². The van der Waals surface area contributed by atoms with Gasteiger partial charge in [-0.2, -0.15) is 0 Å². The van der Waals surface area contributed by atoms with Crippen LogP contribution >= 0.6 is 0 Å². The van der Waals surface area contributed by atoms with E-state index >= 15 is 0 Å². The van der Waals surface area contributed by atoms with Crippen LogP contribution in [0.1, 0.15) is 23.9 Å². The monoisotopic (exact) mass is 390 g/mol. The summed E-state index contributed by atoms with van der Waals surface area (Å²) in [5.74, 6) is 1.07. The van der Waals surface area contributed by atoms with Crippen molar-refractivity contribution in [1.82, 2.24) is 10.3 Å². The molecule has 1 unspecified atom stereocenters. The Morgan fingerprint density at radius 2 is 2.03 bits per heavy atom. The summed E-state index contributed by atoms with van der Waals surface area (Å²) in [5.41, 5.74) is 3.79. The third kappa shape index (κ3) is 3.47. The Hall–Kier alpha value is -3.61. The van der Waals surface area contributed by atoms with E-state index < -0.39 is 5.97 Å². The van der Waals surface area contributed by atoms with E-state index in [2.05, 4.69) is 10.3 Å². The summed E-state index contributed by atoms with van der Waals surface area (Å²) >= 11 is 0. The first-order chi connectivity index (χ1) is 14.2. The number of carbonyl (C=O) groups is 1. The molecular weight excluding hydrogens is 372 g/mol. The predicted octanol–water partition coefficient (Wildman–Crippen LogP) is 4.09. The Kier molecular flexibility index (Phi) is 4.27. The van der Waals surface area contributed by atoms with Gasteiger partial charge < -0.3 is 18.5 Å². The topological polar surface area (TPSA) is 87.6 Å². The molecule has 5 rings (SSSR count). The average molecular weight is 390 g/mol. The highest BCUT2D eigenvalue weighted by Gasteiger charge is 2.20. The van der Waals surface area contributed by atoms with Crippen molar-refractivity contribution in [2.45, 2.75) is 32.5 Å². The first kappa shape index (κ1) is 17.5. The van der Waals surface area contributed by atoms with Gasteiger partial charge in [0.15, 0.2) is 11.3 Å². The fourth-order valence-corrected chi connectivity index (χ4v) is 3.48. The molecule has 3 heterocycles. The third-order valence-electron chi connectivity index (χ3n) is 4.89. The van der Waals surface area contributed by atoms with Gasteiger partial charge in [0.25, 0.3) is 0 Å². The lowest BCUT2D eigenvalue weighted by Crippen LogP contribution is -2.08. The molecule has 0 amide bonds. The van der Waals surface area contributed by atoms with Gasteiger partial charge in [-0.15, -0.1) is 0 Å². The van der Waals surface area contributed by atoms with E-state index in [4.69, 9.17) is 18.5 Å². The highest BCUT2D eigenvalue weighted by molar-refractivity contribution is 5.84. The van der Waals surface area contributed by atoms with E-state index in [9.17, 15) is 4.79 Å². The molecule has 0 saturated carbocycles. The molecule has 0 saturated heterocycles. The lowest BCUT2D eigenvalue weighted by Gasteiger charge is -2.03. The average Bonchev–Trinajstić information content (AvgIpc) is 3.44. The Labute approximate surface area is 166 Å². The number of esters is 1. The van der Waals surface area contributed by atoms with Gasteiger partial charge in [-0.05, 0) is 30.7 Å². The quantitative estimate of drug-likeness (QED) is 0.474. The molecule has 7 heteroatoms. The van der Waals surface area contributed by atoms with Crippen LogP contribution < -0.4 is 4.74 Å². The van der Waals surface area contributed by atoms with Gasteiger partial charge in [-0.25, -0.2) is 0 Å². The maximum atomic E-state index is 12.2. The number of hydrogen-bond donors (Lipinski definition) is 0. The molecular formula is C22H18N2O5. The molecule has 1 aliphatic rings. The minimum atomic E-state index is -0.409. The fourth-order valence-electron chi connectivity index (χ4n) is 3.48. The maximum Gasteiger partial charge on any atom is 0.312 e. The van der Waals surface area contributed by atoms with E-state index in [0.717, 1.165) is 23.1 Å². The van der Waals surface area contributed by atoms with Crippen LogP contribution in [0.15, 0.2) is 57.6 Å². The van der Waals surface area contributed by atoms with Crippen LogP contribution in [0.4, 0.5) is 0 Å². The molecule has 0 aliphatic carbocycles. The number of rotatable bonds is 5. The number of aromatic nitrogens is 2. The second-order valence-corrected chi connectivity index (χ2v) is 7.10. The minimum absolute atomic E-state index is 0.0244. The summed E-state index contributed by atoms with van der Waals surface area (Å²) in [6, 6.07) is 15.1. The van der Waals surface area contributed by atoms with Gasteiger partial charge in [0.1, 0.15) is 29.8 Å². The Balaban J connectivity index is 1.23. The van der Waals surface area contributed by atoms with E-state index in [0.29, 0.717) is 22.7 Å². The molecule has 146 valence electrons. The molecule has 4 aromatic rings. The predicted molar refractivity (Wildman–Crippen MR) is 103 cm³/mol. The lowest BCUT2D eigenvalue weighted by molar-refractivity contribution is -0.144. The van der Waals surface area contributed by atoms with Crippen molar-refractivity contribution in [3.05, 3.63) is 65.5 Å². The zero-order chi connectivity index (χ0) is 19.8. The summed E-state index contributed by atoms with van der Waals surface area (Å²) < 4.78 is 21.7. The maximum absolute atomic E-state index is 12.2. The minimum Gasteiger partial charge on any atom is -0.490 e. The summed E-state index contributed by atoms with van der Waals surface area (Å²) in [6.07, 6.45) is 1.13. The van der Waals surface area contributed by atoms with Gasteiger partial charge in [-0.1, -0.05) is 34.6 Å². The van der Waals surface area contributed by atoms with Gasteiger partial charge in [0.2, 0.25) is 0 Å². The van der Waals surface area contributed by atoms with Crippen molar-refractivity contribution in [2.75, 3.05) is 0 Å². The second-order valence-electron chi connectivity index (χ2n) is 7.10. The van der Waals surface area contributed by atoms with Gasteiger partial charge in [0, 0.05) is 23.4 Å². The summed E-state index contributed by atoms with van der Waals surface area (Å²) in [5, 5.41) is 8.75. The SMILES string of the molecule is CC1Cc2ccc(-c3cc(COC(=O)Cc4noc5ccccc45)no3)cc2O1. The van der Waals surface area contributed by atoms with Crippen LogP contribution in [0, 0.1) is 0 Å². The van der Waals surface area contributed by atoms with E-state index in [1.165, 1.54) is 5.56 Å². The Morgan fingerprint density at radius 1 is 1.14 bits per heavy atom. The molecule has 0 N–H and O–H groups in total. The number of nitrogens with zero attached hydrogens (tertiary/aromatic N) is 2. The van der Waals surface area contributed by atoms with Gasteiger partial charge in [0.05, 0.1) is 6.42 Å². The summed E-state index contributed by atoms with van der Waals surface area (Å²) in [4.78, 5) is 12.2. The molecule has 2 aromatic carbocycles. The fraction of sp³-hybridized carbons (Fsp3) is 0.227. The molecule has 2 aromatic heterocycles. The number of ether oxygens (including phenoxy) is 2. The Bertz CT molecular complexity index is 1190. The number of fused-ring (bicyclic) bond motifs is 2. The smallest absolute Gasteiger partial charge is 0.312 e. The largest absolute Gasteiger partial charge is 0.490 e. The zero-order valence-electron chi connectivity index (χ0n) is 15.8. The van der Waals surface area contributed by atoms with Crippen molar-refractivity contribution >= 4 is 16.9 Å². The standard InChI is InChI=1S/C22H18N2O5/c1-13-8-14-6-7-15(9-20(14)27-13)21-10-16(23-29-21)12-26-22(25)11-18-17-4-2-3-5-19(17)28-24-18/h2-7,9-10,13H,8,11-12H2,1H3. The van der Waals surface area contributed by atoms with E-state index in [-0.39, 0.29) is 19.1 Å². The molecule has 0 fully saturated rings. The van der Waals surface area contributed by atoms with Crippen LogP contribution in [0.25, 0.3) is 22.3 Å². The highest BCUT2D eigenvalue weighted by atomic mass is 16.5. The molecule has 7 nitrogen and oxygen atoms in total. The Morgan fingerprint density at radius 3 is 2.97 bits per heavy atom. The first-order valence-corrected chi connectivity index (χ1v) is 9.40. The molecule has 1 aliphatic heterocycles. The van der Waals surface area contributed by atoms with Crippen LogP contribution in [-0.2, 0) is 29.0 Å². The van der Waals surface area contributed by atoms with Gasteiger partial charge >= 0.3 is 5.97 Å². The number of carbonyl (C=O) groups excluding carboxylic acids is 1. The summed E-state index contributed by atoms with van der Waals surface area (Å²) in [6.45, 7) is 2.07. The summed E-state index contributed by atoms with van der Waals surface area (Å²) in [7, 11) is 0. The highest BCUT2D eigenvalue weighted by Crippen LogP contribution is 2.33. The van der Waals surface area contributed by atoms with Crippen LogP contribution in [0.2, 0.25) is 0 Å². The van der Waals surface area contributed by atoms with Crippen molar-refractivity contribution in [2.24, 2.45) is 0 Å². The number of benzene rings is 2. The van der Waals surface area contributed by atoms with Crippen LogP contribution in [0.3, 0.4) is 0 Å². The van der Waals surface area contributed by atoms with Crippen molar-refractivity contribution in [3.63, 3.8) is 0 Å². The van der Waals surface area contributed by atoms with Crippen molar-refractivity contribution < 1.29 is 23.3 Å². The molecule has 1 atom stereocenters. The van der Waals surface area contributed by atoms with Crippen molar-refractivity contribution in [3.8, 4) is 17.1 Å². The zero-order valence-corrected chi connectivity index (χ0v) is 15.8. The molecule has 0 radical (unpaired) electrons. The van der Waals surface area contributed by atoms with Crippen LogP contribution in [0.5, 0.6) is 5.75 Å². The molecule has 0 spiro atoms. The normalized spacial score (nSPS) is 15.3. The van der Waals surface area contributed by atoms with Gasteiger partial charge in [-0.3, -0.25) is 4.79 Å². The molecule has 0 bridgehead atoms. The van der Waals surface area contributed by atoms with E-state index in [1.54, 1.807) is 12.1 Å². The van der Waals surface area contributed by atoms with Crippen molar-refractivity contribution in [1.29, 1.82) is 0 Å². The number of para-hydroxylation sites is 1.